The van der Waals surface area contributed by atoms with Crippen molar-refractivity contribution in [1.29, 1.82) is 0 Å². The molecular weight excluding hydrogens is 322 g/mol. The number of sulfonamides is 1. The van der Waals surface area contributed by atoms with Crippen LogP contribution in [0.15, 0.2) is 23.1 Å². The van der Waals surface area contributed by atoms with Gasteiger partial charge in [0.2, 0.25) is 10.0 Å². The maximum atomic E-state index is 12.7. The molecule has 1 fully saturated rings. The standard InChI is InChI=1S/C16H24ClNO3S/c1-12(2)11-21-15-6-8-18(9-7-15)22(19,20)16-5-4-14(17)10-13(16)3/h4-5,10,12,15H,6-9,11H2,1-3H3. The summed E-state index contributed by atoms with van der Waals surface area (Å²) in [4.78, 5) is 0.346. The lowest BCUT2D eigenvalue weighted by atomic mass is 10.1. The smallest absolute Gasteiger partial charge is 0.243 e. The molecule has 1 heterocycles. The monoisotopic (exact) mass is 345 g/mol. The van der Waals surface area contributed by atoms with Gasteiger partial charge in [0.25, 0.3) is 0 Å². The summed E-state index contributed by atoms with van der Waals surface area (Å²) in [6.45, 7) is 7.75. The fraction of sp³-hybridized carbons (Fsp3) is 0.625. The first-order valence-corrected chi connectivity index (χ1v) is 9.50. The molecule has 0 atom stereocenters. The van der Waals surface area contributed by atoms with Crippen molar-refractivity contribution in [2.45, 2.75) is 44.6 Å². The van der Waals surface area contributed by atoms with E-state index in [1.807, 2.05) is 0 Å². The summed E-state index contributed by atoms with van der Waals surface area (Å²) in [5, 5.41) is 0.553. The minimum Gasteiger partial charge on any atom is -0.378 e. The van der Waals surface area contributed by atoms with Crippen molar-refractivity contribution in [2.24, 2.45) is 5.92 Å². The van der Waals surface area contributed by atoms with Crippen LogP contribution in [-0.2, 0) is 14.8 Å². The molecule has 0 N–H and O–H groups in total. The molecule has 124 valence electrons. The van der Waals surface area contributed by atoms with Crippen LogP contribution < -0.4 is 0 Å². The maximum Gasteiger partial charge on any atom is 0.243 e. The Morgan fingerprint density at radius 2 is 1.95 bits per heavy atom. The molecule has 0 aliphatic carbocycles. The van der Waals surface area contributed by atoms with Crippen molar-refractivity contribution < 1.29 is 13.2 Å². The fourth-order valence-corrected chi connectivity index (χ4v) is 4.51. The predicted molar refractivity (Wildman–Crippen MR) is 88.8 cm³/mol. The van der Waals surface area contributed by atoms with E-state index in [1.165, 1.54) is 0 Å². The molecule has 0 aromatic heterocycles. The van der Waals surface area contributed by atoms with E-state index < -0.39 is 10.0 Å². The Kier molecular flexibility index (Phi) is 5.88. The largest absolute Gasteiger partial charge is 0.378 e. The van der Waals surface area contributed by atoms with Gasteiger partial charge in [-0.15, -0.1) is 0 Å². The predicted octanol–water partition coefficient (Wildman–Crippen LogP) is 3.47. The van der Waals surface area contributed by atoms with Gasteiger partial charge in [0, 0.05) is 24.7 Å². The van der Waals surface area contributed by atoms with Crippen LogP contribution in [0.2, 0.25) is 5.02 Å². The first kappa shape index (κ1) is 17.7. The molecule has 2 rings (SSSR count). The van der Waals surface area contributed by atoms with Crippen molar-refractivity contribution in [3.8, 4) is 0 Å². The summed E-state index contributed by atoms with van der Waals surface area (Å²) in [7, 11) is -3.45. The van der Waals surface area contributed by atoms with E-state index in [4.69, 9.17) is 16.3 Å². The zero-order valence-electron chi connectivity index (χ0n) is 13.4. The van der Waals surface area contributed by atoms with Gasteiger partial charge < -0.3 is 4.74 Å². The quantitative estimate of drug-likeness (QED) is 0.820. The van der Waals surface area contributed by atoms with Crippen molar-refractivity contribution in [2.75, 3.05) is 19.7 Å². The van der Waals surface area contributed by atoms with Gasteiger partial charge in [0.15, 0.2) is 0 Å². The third kappa shape index (κ3) is 4.22. The Hall–Kier alpha value is -0.620. The number of hydrogen-bond donors (Lipinski definition) is 0. The molecule has 6 heteroatoms. The lowest BCUT2D eigenvalue weighted by Gasteiger charge is -2.31. The van der Waals surface area contributed by atoms with Crippen LogP contribution in [0.3, 0.4) is 0 Å². The van der Waals surface area contributed by atoms with Crippen LogP contribution in [0.5, 0.6) is 0 Å². The van der Waals surface area contributed by atoms with Crippen LogP contribution in [0.25, 0.3) is 0 Å². The van der Waals surface area contributed by atoms with Crippen LogP contribution in [0.4, 0.5) is 0 Å². The molecule has 4 nitrogen and oxygen atoms in total. The summed E-state index contributed by atoms with van der Waals surface area (Å²) < 4.78 is 32.8. The molecule has 0 saturated carbocycles. The van der Waals surface area contributed by atoms with Gasteiger partial charge in [-0.3, -0.25) is 0 Å². The second-order valence-electron chi connectivity index (χ2n) is 6.24. The highest BCUT2D eigenvalue weighted by molar-refractivity contribution is 7.89. The molecule has 1 aromatic carbocycles. The van der Waals surface area contributed by atoms with Gasteiger partial charge in [-0.2, -0.15) is 4.31 Å². The Balaban J connectivity index is 2.03. The second-order valence-corrected chi connectivity index (χ2v) is 8.58. The third-order valence-corrected chi connectivity index (χ3v) is 6.11. The number of nitrogens with zero attached hydrogens (tertiary/aromatic N) is 1. The Bertz CT molecular complexity index is 608. The zero-order chi connectivity index (χ0) is 16.3. The number of rotatable bonds is 5. The minimum absolute atomic E-state index is 0.167. The molecule has 1 aromatic rings. The number of ether oxygens (including phenoxy) is 1. The van der Waals surface area contributed by atoms with Gasteiger partial charge >= 0.3 is 0 Å². The van der Waals surface area contributed by atoms with E-state index in [-0.39, 0.29) is 6.10 Å². The Morgan fingerprint density at radius 1 is 1.32 bits per heavy atom. The van der Waals surface area contributed by atoms with E-state index in [0.717, 1.165) is 19.4 Å². The molecule has 1 aliphatic heterocycles. The average Bonchev–Trinajstić information content (AvgIpc) is 2.45. The van der Waals surface area contributed by atoms with Crippen LogP contribution in [-0.4, -0.2) is 38.5 Å². The highest BCUT2D eigenvalue weighted by Gasteiger charge is 2.30. The van der Waals surface area contributed by atoms with Crippen LogP contribution >= 0.6 is 11.6 Å². The summed E-state index contributed by atoms with van der Waals surface area (Å²) in [6, 6.07) is 4.90. The third-order valence-electron chi connectivity index (χ3n) is 3.82. The summed E-state index contributed by atoms with van der Waals surface area (Å²) in [6.07, 6.45) is 1.66. The van der Waals surface area contributed by atoms with Gasteiger partial charge in [-0.25, -0.2) is 8.42 Å². The Morgan fingerprint density at radius 3 is 2.50 bits per heavy atom. The van der Waals surface area contributed by atoms with Crippen molar-refractivity contribution in [1.82, 2.24) is 4.31 Å². The van der Waals surface area contributed by atoms with E-state index in [9.17, 15) is 8.42 Å². The van der Waals surface area contributed by atoms with E-state index >= 15 is 0 Å². The molecule has 1 aliphatic rings. The summed E-state index contributed by atoms with van der Waals surface area (Å²) in [5.74, 6) is 0.499. The molecule has 0 unspecified atom stereocenters. The van der Waals surface area contributed by atoms with Gasteiger partial charge in [-0.1, -0.05) is 25.4 Å². The number of aryl methyl sites for hydroxylation is 1. The molecule has 22 heavy (non-hydrogen) atoms. The summed E-state index contributed by atoms with van der Waals surface area (Å²) in [5.41, 5.74) is 0.686. The lowest BCUT2D eigenvalue weighted by molar-refractivity contribution is 0.00748. The van der Waals surface area contributed by atoms with Crippen molar-refractivity contribution in [3.63, 3.8) is 0 Å². The first-order valence-electron chi connectivity index (χ1n) is 7.68. The van der Waals surface area contributed by atoms with E-state index in [1.54, 1.807) is 29.4 Å². The average molecular weight is 346 g/mol. The number of hydrogen-bond acceptors (Lipinski definition) is 3. The zero-order valence-corrected chi connectivity index (χ0v) is 15.0. The molecule has 0 bridgehead atoms. The van der Waals surface area contributed by atoms with E-state index in [0.29, 0.717) is 34.5 Å². The van der Waals surface area contributed by atoms with Gasteiger partial charge in [-0.05, 0) is 49.4 Å². The molecule has 0 radical (unpaired) electrons. The van der Waals surface area contributed by atoms with Crippen molar-refractivity contribution >= 4 is 21.6 Å². The van der Waals surface area contributed by atoms with E-state index in [2.05, 4.69) is 13.8 Å². The highest BCUT2D eigenvalue weighted by Crippen LogP contribution is 2.26. The van der Waals surface area contributed by atoms with Gasteiger partial charge in [0.05, 0.1) is 11.0 Å². The van der Waals surface area contributed by atoms with Crippen LogP contribution in [0.1, 0.15) is 32.3 Å². The number of piperidine rings is 1. The molecule has 1 saturated heterocycles. The van der Waals surface area contributed by atoms with Gasteiger partial charge in [0.1, 0.15) is 0 Å². The normalized spacial score (nSPS) is 18.0. The maximum absolute atomic E-state index is 12.7. The Labute approximate surface area is 138 Å². The van der Waals surface area contributed by atoms with Crippen molar-refractivity contribution in [3.05, 3.63) is 28.8 Å². The number of benzene rings is 1. The van der Waals surface area contributed by atoms with Crippen LogP contribution in [0, 0.1) is 12.8 Å². The highest BCUT2D eigenvalue weighted by atomic mass is 35.5. The topological polar surface area (TPSA) is 46.6 Å². The molecule has 0 spiro atoms. The summed E-state index contributed by atoms with van der Waals surface area (Å²) >= 11 is 5.91. The molecule has 0 amide bonds. The second kappa shape index (κ2) is 7.30. The fourth-order valence-electron chi connectivity index (χ4n) is 2.61. The molecular formula is C16H24ClNO3S. The SMILES string of the molecule is Cc1cc(Cl)ccc1S(=O)(=O)N1CCC(OCC(C)C)CC1. The lowest BCUT2D eigenvalue weighted by Crippen LogP contribution is -2.41. The first-order chi connectivity index (χ1) is 10.3. The number of halogens is 1. The minimum atomic E-state index is -3.45.